The summed E-state index contributed by atoms with van der Waals surface area (Å²) in [6.45, 7) is 5.85. The molecule has 0 amide bonds. The van der Waals surface area contributed by atoms with Crippen LogP contribution in [0.2, 0.25) is 0 Å². The van der Waals surface area contributed by atoms with Gasteiger partial charge in [-0.15, -0.1) is 6.42 Å². The van der Waals surface area contributed by atoms with Gasteiger partial charge in [0.1, 0.15) is 28.7 Å². The third kappa shape index (κ3) is 4.88. The highest BCUT2D eigenvalue weighted by molar-refractivity contribution is 6.04. The van der Waals surface area contributed by atoms with Crippen LogP contribution in [-0.2, 0) is 0 Å². The molecule has 1 aliphatic carbocycles. The van der Waals surface area contributed by atoms with Gasteiger partial charge in [-0.3, -0.25) is 0 Å². The number of aromatic nitrogens is 2. The predicted octanol–water partition coefficient (Wildman–Crippen LogP) is 4.56. The Hall–Kier alpha value is -4.11. The maximum atomic E-state index is 16.9. The van der Waals surface area contributed by atoms with Crippen LogP contribution in [0.15, 0.2) is 30.3 Å². The van der Waals surface area contributed by atoms with Crippen LogP contribution in [0.4, 0.5) is 19.0 Å². The lowest BCUT2D eigenvalue weighted by molar-refractivity contribution is 0.169. The summed E-state index contributed by atoms with van der Waals surface area (Å²) in [6.07, 6.45) is 9.79. The number of fused-ring (bicyclic) bond motifs is 5. The third-order valence-electron chi connectivity index (χ3n) is 11.0. The Balaban J connectivity index is 1.14. The monoisotopic (exact) mass is 640 g/mol. The second-order valence-corrected chi connectivity index (χ2v) is 14.2. The Morgan fingerprint density at radius 3 is 2.51 bits per heavy atom. The van der Waals surface area contributed by atoms with Gasteiger partial charge in [-0.05, 0) is 55.3 Å². The van der Waals surface area contributed by atoms with E-state index in [1.54, 1.807) is 0 Å². The van der Waals surface area contributed by atoms with Crippen LogP contribution in [0, 0.1) is 41.1 Å². The number of halogens is 3. The van der Waals surface area contributed by atoms with E-state index in [9.17, 15) is 9.50 Å². The Kier molecular flexibility index (Phi) is 6.62. The zero-order valence-electron chi connectivity index (χ0n) is 25.8. The largest absolute Gasteiger partial charge is 0.508 e. The van der Waals surface area contributed by atoms with Gasteiger partial charge in [0, 0.05) is 85.1 Å². The summed E-state index contributed by atoms with van der Waals surface area (Å²) >= 11 is 0. The van der Waals surface area contributed by atoms with E-state index in [1.165, 1.54) is 30.3 Å². The Bertz CT molecular complexity index is 1970. The Morgan fingerprint density at radius 2 is 1.83 bits per heavy atom. The standard InChI is InChI=1S/C36H35F3N6O2/c1-2-24-27(37)6-3-19-9-23(46)10-25(30(19)24)31-28(38)11-26-33(32(31)39)42-35(43-34(26)45-14-21-4-5-22(15-45)41-21)47-18-36(7-8-36)17-44-13-20-12-40-29(20)16-44/h1,3,6,9-11,20-22,29,40-41,46H,4-5,7-8,12-18H2. The van der Waals surface area contributed by atoms with Crippen LogP contribution in [0.3, 0.4) is 0 Å². The molecule has 3 aromatic carbocycles. The van der Waals surface area contributed by atoms with Gasteiger partial charge in [-0.2, -0.15) is 9.97 Å². The number of nitrogens with zero attached hydrogens (tertiary/aromatic N) is 4. The van der Waals surface area contributed by atoms with Gasteiger partial charge < -0.3 is 30.3 Å². The lowest BCUT2D eigenvalue weighted by Gasteiger charge is -2.34. The van der Waals surface area contributed by atoms with Crippen LogP contribution in [-0.4, -0.2) is 84.0 Å². The minimum absolute atomic E-state index is 0.000900. The number of rotatable bonds is 7. The molecule has 0 spiro atoms. The molecule has 1 saturated carbocycles. The van der Waals surface area contributed by atoms with Crippen LogP contribution in [0.1, 0.15) is 31.2 Å². The van der Waals surface area contributed by atoms with Crippen LogP contribution >= 0.6 is 0 Å². The average Bonchev–Trinajstić information content (AvgIpc) is 3.65. The molecule has 47 heavy (non-hydrogen) atoms. The number of hydrogen-bond acceptors (Lipinski definition) is 8. The second-order valence-electron chi connectivity index (χ2n) is 14.2. The number of likely N-dealkylation sites (tertiary alicyclic amines) is 1. The topological polar surface area (TPSA) is 85.8 Å². The van der Waals surface area contributed by atoms with E-state index in [1.807, 2.05) is 0 Å². The van der Waals surface area contributed by atoms with E-state index in [4.69, 9.17) is 16.1 Å². The zero-order chi connectivity index (χ0) is 32.0. The predicted molar refractivity (Wildman–Crippen MR) is 173 cm³/mol. The average molecular weight is 641 g/mol. The normalized spacial score (nSPS) is 26.0. The zero-order valence-corrected chi connectivity index (χ0v) is 25.8. The van der Waals surface area contributed by atoms with Gasteiger partial charge in [0.05, 0.1) is 17.7 Å². The van der Waals surface area contributed by atoms with Crippen molar-refractivity contribution in [1.29, 1.82) is 0 Å². The molecular weight excluding hydrogens is 605 g/mol. The first kappa shape index (κ1) is 29.1. The van der Waals surface area contributed by atoms with Crippen LogP contribution < -0.4 is 20.3 Å². The molecule has 4 saturated heterocycles. The molecular formula is C36H35F3N6O2. The van der Waals surface area contributed by atoms with Gasteiger partial charge in [-0.25, -0.2) is 13.2 Å². The first-order valence-corrected chi connectivity index (χ1v) is 16.5. The summed E-state index contributed by atoms with van der Waals surface area (Å²) in [7, 11) is 0. The fraction of sp³-hybridized carbons (Fsp3) is 0.444. The molecule has 8 nitrogen and oxygen atoms in total. The van der Waals surface area contributed by atoms with E-state index in [0.29, 0.717) is 36.9 Å². The lowest BCUT2D eigenvalue weighted by Crippen LogP contribution is -2.51. The SMILES string of the molecule is C#Cc1c(F)ccc2cc(O)cc(-c3c(F)cc4c(N5CC6CCC(C5)N6)nc(OCC5(CN6CC7CNC7C6)CC5)nc4c3F)c12. The maximum Gasteiger partial charge on any atom is 0.319 e. The molecule has 3 N–H and O–H groups in total. The molecule has 242 valence electrons. The van der Waals surface area contributed by atoms with E-state index in [0.717, 1.165) is 57.8 Å². The summed E-state index contributed by atoms with van der Waals surface area (Å²) < 4.78 is 54.3. The van der Waals surface area contributed by atoms with Crippen molar-refractivity contribution in [3.63, 3.8) is 0 Å². The number of phenolic OH excluding ortho intramolecular Hbond substituents is 1. The van der Waals surface area contributed by atoms with Crippen LogP contribution in [0.5, 0.6) is 11.8 Å². The molecule has 9 rings (SSSR count). The van der Waals surface area contributed by atoms with Gasteiger partial charge in [0.25, 0.3) is 0 Å². The number of hydrogen-bond donors (Lipinski definition) is 3. The molecule has 4 atom stereocenters. The smallest absolute Gasteiger partial charge is 0.319 e. The van der Waals surface area contributed by atoms with Crippen molar-refractivity contribution in [3.05, 3.63) is 53.3 Å². The molecule has 2 bridgehead atoms. The molecule has 11 heteroatoms. The number of aromatic hydroxyl groups is 1. The van der Waals surface area contributed by atoms with E-state index in [-0.39, 0.29) is 56.7 Å². The number of piperazine rings is 1. The molecule has 5 fully saturated rings. The summed E-state index contributed by atoms with van der Waals surface area (Å²) in [6, 6.07) is 7.57. The second kappa shape index (κ2) is 10.7. The highest BCUT2D eigenvalue weighted by Gasteiger charge is 2.48. The highest BCUT2D eigenvalue weighted by atomic mass is 19.1. The molecule has 1 aromatic heterocycles. The first-order valence-electron chi connectivity index (χ1n) is 16.5. The summed E-state index contributed by atoms with van der Waals surface area (Å²) in [5.74, 6) is 0.695. The minimum atomic E-state index is -0.952. The van der Waals surface area contributed by atoms with Crippen molar-refractivity contribution in [2.24, 2.45) is 11.3 Å². The van der Waals surface area contributed by atoms with Gasteiger partial charge >= 0.3 is 6.01 Å². The molecule has 4 unspecified atom stereocenters. The van der Waals surface area contributed by atoms with Crippen molar-refractivity contribution in [2.75, 3.05) is 50.8 Å². The van der Waals surface area contributed by atoms with E-state index in [2.05, 4.69) is 31.3 Å². The summed E-state index contributed by atoms with van der Waals surface area (Å²) in [4.78, 5) is 13.9. The molecule has 5 aliphatic rings. The van der Waals surface area contributed by atoms with E-state index < -0.39 is 23.0 Å². The molecule has 0 radical (unpaired) electrons. The number of benzene rings is 3. The summed E-state index contributed by atoms with van der Waals surface area (Å²) in [5, 5.41) is 18.4. The number of nitrogens with one attached hydrogen (secondary N) is 2. The maximum absolute atomic E-state index is 16.9. The first-order chi connectivity index (χ1) is 22.8. The fourth-order valence-electron chi connectivity index (χ4n) is 8.33. The number of anilines is 1. The highest BCUT2D eigenvalue weighted by Crippen LogP contribution is 2.48. The number of ether oxygens (including phenoxy) is 1. The number of terminal acetylenes is 1. The number of phenols is 1. The molecule has 4 aromatic rings. The Labute approximate surface area is 270 Å². The Morgan fingerprint density at radius 1 is 1.02 bits per heavy atom. The van der Waals surface area contributed by atoms with Crippen molar-refractivity contribution >= 4 is 27.5 Å². The lowest BCUT2D eigenvalue weighted by atomic mass is 9.92. The molecule has 4 aliphatic heterocycles. The quantitative estimate of drug-likeness (QED) is 0.254. The van der Waals surface area contributed by atoms with Crippen molar-refractivity contribution < 1.29 is 23.0 Å². The van der Waals surface area contributed by atoms with E-state index >= 15 is 8.78 Å². The van der Waals surface area contributed by atoms with Gasteiger partial charge in [-0.1, -0.05) is 12.0 Å². The minimum Gasteiger partial charge on any atom is -0.508 e. The fourth-order valence-corrected chi connectivity index (χ4v) is 8.33. The van der Waals surface area contributed by atoms with Crippen molar-refractivity contribution in [3.8, 4) is 35.2 Å². The van der Waals surface area contributed by atoms with Crippen molar-refractivity contribution in [1.82, 2.24) is 25.5 Å². The summed E-state index contributed by atoms with van der Waals surface area (Å²) in [5.41, 5.74) is -0.754. The third-order valence-corrected chi connectivity index (χ3v) is 11.0. The molecule has 5 heterocycles. The van der Waals surface area contributed by atoms with Crippen LogP contribution in [0.25, 0.3) is 32.8 Å². The van der Waals surface area contributed by atoms with Gasteiger partial charge in [0.2, 0.25) is 0 Å². The van der Waals surface area contributed by atoms with Gasteiger partial charge in [0.15, 0.2) is 5.82 Å². The van der Waals surface area contributed by atoms with Crippen molar-refractivity contribution in [2.45, 2.75) is 43.8 Å².